The first-order valence-electron chi connectivity index (χ1n) is 13.0. The minimum atomic E-state index is -0.0969. The first-order valence-corrected chi connectivity index (χ1v) is 14.4. The van der Waals surface area contributed by atoms with E-state index >= 15 is 0 Å². The first-order chi connectivity index (χ1) is 18.6. The second-order valence-corrected chi connectivity index (χ2v) is 10.4. The van der Waals surface area contributed by atoms with Gasteiger partial charge in [-0.1, -0.05) is 25.1 Å². The fourth-order valence-corrected chi connectivity index (χ4v) is 6.14. The number of rotatable bonds is 10. The standard InChI is InChI=1S/C30H33N5O2S/c1-4-22(23-6-5-7-24-25(30(36)31-2)10-12-32-29(23)24)21(17-38-3)16-33-28-15-26(34-18-35-28)19-8-9-27-20(14-19)11-13-37-27/h5-10,12,14-15,18,21-22H,4,11,13,16-17H2,1-3H3,(H,31,36)(H,33,34,35). The van der Waals surface area contributed by atoms with Gasteiger partial charge in [0.05, 0.1) is 23.4 Å². The van der Waals surface area contributed by atoms with E-state index in [0.29, 0.717) is 11.5 Å². The molecule has 3 heterocycles. The number of thioether (sulfide) groups is 1. The van der Waals surface area contributed by atoms with Gasteiger partial charge in [0.1, 0.15) is 17.9 Å². The molecule has 4 aromatic rings. The molecule has 38 heavy (non-hydrogen) atoms. The fraction of sp³-hybridized carbons (Fsp3) is 0.333. The summed E-state index contributed by atoms with van der Waals surface area (Å²) in [6.45, 7) is 3.73. The highest BCUT2D eigenvalue weighted by molar-refractivity contribution is 7.98. The molecule has 5 rings (SSSR count). The third kappa shape index (κ3) is 5.31. The summed E-state index contributed by atoms with van der Waals surface area (Å²) in [6, 6.07) is 16.2. The van der Waals surface area contributed by atoms with Crippen molar-refractivity contribution in [2.45, 2.75) is 25.7 Å². The van der Waals surface area contributed by atoms with Crippen LogP contribution in [0.1, 0.15) is 40.7 Å². The molecule has 0 fully saturated rings. The maximum atomic E-state index is 12.5. The summed E-state index contributed by atoms with van der Waals surface area (Å²) >= 11 is 1.84. The second-order valence-electron chi connectivity index (χ2n) is 9.50. The van der Waals surface area contributed by atoms with Crippen molar-refractivity contribution >= 4 is 34.4 Å². The van der Waals surface area contributed by atoms with E-state index in [4.69, 9.17) is 9.72 Å². The Hall–Kier alpha value is -3.65. The number of carbonyl (C=O) groups excluding carboxylic acids is 1. The number of carbonyl (C=O) groups is 1. The number of fused-ring (bicyclic) bond motifs is 2. The molecule has 2 aromatic heterocycles. The summed E-state index contributed by atoms with van der Waals surface area (Å²) in [5, 5.41) is 7.23. The van der Waals surface area contributed by atoms with Crippen LogP contribution in [0.2, 0.25) is 0 Å². The van der Waals surface area contributed by atoms with Crippen LogP contribution in [0.15, 0.2) is 61.1 Å². The van der Waals surface area contributed by atoms with Crippen molar-refractivity contribution in [3.8, 4) is 17.0 Å². The highest BCUT2D eigenvalue weighted by Crippen LogP contribution is 2.35. The lowest BCUT2D eigenvalue weighted by atomic mass is 9.83. The Morgan fingerprint density at radius 3 is 2.84 bits per heavy atom. The monoisotopic (exact) mass is 527 g/mol. The largest absolute Gasteiger partial charge is 0.493 e. The quantitative estimate of drug-likeness (QED) is 0.279. The van der Waals surface area contributed by atoms with E-state index < -0.39 is 0 Å². The van der Waals surface area contributed by atoms with E-state index in [1.165, 1.54) is 11.1 Å². The predicted molar refractivity (Wildman–Crippen MR) is 155 cm³/mol. The Bertz CT molecular complexity index is 1440. The van der Waals surface area contributed by atoms with E-state index in [-0.39, 0.29) is 11.8 Å². The van der Waals surface area contributed by atoms with Crippen molar-refractivity contribution in [1.29, 1.82) is 0 Å². The Kier molecular flexibility index (Phi) is 8.08. The van der Waals surface area contributed by atoms with Gasteiger partial charge in [-0.25, -0.2) is 9.97 Å². The van der Waals surface area contributed by atoms with Crippen LogP contribution in [0.4, 0.5) is 5.82 Å². The number of amides is 1. The number of nitrogens with one attached hydrogen (secondary N) is 2. The topological polar surface area (TPSA) is 89.0 Å². The van der Waals surface area contributed by atoms with Crippen LogP contribution in [0.25, 0.3) is 22.2 Å². The molecule has 0 radical (unpaired) electrons. The van der Waals surface area contributed by atoms with Gasteiger partial charge >= 0.3 is 0 Å². The molecule has 8 heteroatoms. The Labute approximate surface area is 227 Å². The zero-order valence-electron chi connectivity index (χ0n) is 22.0. The van der Waals surface area contributed by atoms with Gasteiger partial charge in [0.2, 0.25) is 0 Å². The van der Waals surface area contributed by atoms with E-state index in [1.807, 2.05) is 36.0 Å². The first kappa shape index (κ1) is 26.0. The lowest BCUT2D eigenvalue weighted by Gasteiger charge is -2.27. The number of para-hydroxylation sites is 1. The number of pyridine rings is 1. The molecule has 0 aliphatic carbocycles. The summed E-state index contributed by atoms with van der Waals surface area (Å²) in [5.74, 6) is 3.27. The van der Waals surface area contributed by atoms with Crippen molar-refractivity contribution in [2.75, 3.05) is 37.5 Å². The van der Waals surface area contributed by atoms with Crippen LogP contribution < -0.4 is 15.4 Å². The van der Waals surface area contributed by atoms with E-state index in [0.717, 1.165) is 65.5 Å². The Morgan fingerprint density at radius 1 is 1.13 bits per heavy atom. The zero-order chi connectivity index (χ0) is 26.5. The Balaban J connectivity index is 1.39. The van der Waals surface area contributed by atoms with Gasteiger partial charge in [0.15, 0.2) is 0 Å². The van der Waals surface area contributed by atoms with Gasteiger partial charge in [-0.15, -0.1) is 0 Å². The van der Waals surface area contributed by atoms with Gasteiger partial charge in [-0.05, 0) is 65.7 Å². The SMILES string of the molecule is CCC(c1cccc2c(C(=O)NC)ccnc12)C(CNc1cc(-c2ccc3c(c2)CCO3)ncn1)CSC. The van der Waals surface area contributed by atoms with Crippen molar-refractivity contribution in [1.82, 2.24) is 20.3 Å². The molecule has 2 unspecified atom stereocenters. The van der Waals surface area contributed by atoms with Crippen molar-refractivity contribution in [3.05, 3.63) is 77.7 Å². The number of ether oxygens (including phenoxy) is 1. The lowest BCUT2D eigenvalue weighted by molar-refractivity contribution is 0.0964. The molecule has 1 amide bonds. The number of benzene rings is 2. The summed E-state index contributed by atoms with van der Waals surface area (Å²) in [6.07, 6.45) is 7.40. The van der Waals surface area contributed by atoms with Crippen LogP contribution in [0, 0.1) is 5.92 Å². The number of hydrogen-bond donors (Lipinski definition) is 2. The van der Waals surface area contributed by atoms with Crippen LogP contribution in [-0.4, -0.2) is 53.1 Å². The molecule has 7 nitrogen and oxygen atoms in total. The normalized spacial score (nSPS) is 14.0. The van der Waals surface area contributed by atoms with Crippen LogP contribution in [0.3, 0.4) is 0 Å². The maximum Gasteiger partial charge on any atom is 0.251 e. The second kappa shape index (κ2) is 11.8. The molecular formula is C30H33N5O2S. The minimum Gasteiger partial charge on any atom is -0.493 e. The maximum absolute atomic E-state index is 12.5. The average Bonchev–Trinajstić information content (AvgIpc) is 3.44. The summed E-state index contributed by atoms with van der Waals surface area (Å²) < 4.78 is 5.65. The summed E-state index contributed by atoms with van der Waals surface area (Å²) in [4.78, 5) is 26.2. The summed E-state index contributed by atoms with van der Waals surface area (Å²) in [5.41, 5.74) is 5.92. The molecule has 1 aliphatic rings. The lowest BCUT2D eigenvalue weighted by Crippen LogP contribution is -2.24. The van der Waals surface area contributed by atoms with E-state index in [1.54, 1.807) is 25.6 Å². The zero-order valence-corrected chi connectivity index (χ0v) is 22.8. The van der Waals surface area contributed by atoms with Crippen LogP contribution >= 0.6 is 11.8 Å². The molecule has 0 saturated carbocycles. The van der Waals surface area contributed by atoms with Gasteiger partial charge < -0.3 is 15.4 Å². The molecule has 2 atom stereocenters. The molecular weight excluding hydrogens is 494 g/mol. The summed E-state index contributed by atoms with van der Waals surface area (Å²) in [7, 11) is 1.66. The molecule has 1 aliphatic heterocycles. The van der Waals surface area contributed by atoms with Crippen LogP contribution in [-0.2, 0) is 6.42 Å². The number of nitrogens with zero attached hydrogens (tertiary/aromatic N) is 3. The molecule has 2 N–H and O–H groups in total. The van der Waals surface area contributed by atoms with Gasteiger partial charge in [0.25, 0.3) is 5.91 Å². The molecule has 2 aromatic carbocycles. The minimum absolute atomic E-state index is 0.0969. The number of anilines is 1. The Morgan fingerprint density at radius 2 is 2.03 bits per heavy atom. The van der Waals surface area contributed by atoms with Crippen molar-refractivity contribution in [3.63, 3.8) is 0 Å². The average molecular weight is 528 g/mol. The highest BCUT2D eigenvalue weighted by Gasteiger charge is 2.25. The number of hydrogen-bond acceptors (Lipinski definition) is 7. The highest BCUT2D eigenvalue weighted by atomic mass is 32.2. The number of aromatic nitrogens is 3. The van der Waals surface area contributed by atoms with E-state index in [9.17, 15) is 4.79 Å². The smallest absolute Gasteiger partial charge is 0.251 e. The molecule has 0 saturated heterocycles. The van der Waals surface area contributed by atoms with Gasteiger partial charge in [-0.3, -0.25) is 9.78 Å². The molecule has 196 valence electrons. The fourth-order valence-electron chi connectivity index (χ4n) is 5.36. The van der Waals surface area contributed by atoms with Crippen LogP contribution in [0.5, 0.6) is 5.75 Å². The van der Waals surface area contributed by atoms with Crippen molar-refractivity contribution in [2.24, 2.45) is 5.92 Å². The van der Waals surface area contributed by atoms with Gasteiger partial charge in [0, 0.05) is 43.2 Å². The van der Waals surface area contributed by atoms with Crippen molar-refractivity contribution < 1.29 is 9.53 Å². The molecule has 0 spiro atoms. The van der Waals surface area contributed by atoms with Gasteiger partial charge in [-0.2, -0.15) is 11.8 Å². The third-order valence-electron chi connectivity index (χ3n) is 7.26. The predicted octanol–water partition coefficient (Wildman–Crippen LogP) is 5.57. The molecule has 0 bridgehead atoms. The third-order valence-corrected chi connectivity index (χ3v) is 8.02. The van der Waals surface area contributed by atoms with E-state index in [2.05, 4.69) is 52.0 Å².